The smallest absolute Gasteiger partial charge is 0.416 e. The molecule has 1 heterocycles. The van der Waals surface area contributed by atoms with Crippen LogP contribution in [0.5, 0.6) is 11.5 Å². The van der Waals surface area contributed by atoms with Gasteiger partial charge in [-0.1, -0.05) is 18.2 Å². The van der Waals surface area contributed by atoms with Crippen molar-refractivity contribution >= 4 is 17.4 Å². The number of hydrogen-bond donors (Lipinski definition) is 1. The van der Waals surface area contributed by atoms with E-state index in [1.54, 1.807) is 24.3 Å². The van der Waals surface area contributed by atoms with Gasteiger partial charge in [0.25, 0.3) is 5.91 Å². The lowest BCUT2D eigenvalue weighted by atomic mass is 10.1. The number of nitrogens with one attached hydrogen (secondary N) is 1. The first-order valence-electron chi connectivity index (χ1n) is 8.10. The second-order valence-electron chi connectivity index (χ2n) is 5.70. The van der Waals surface area contributed by atoms with Crippen molar-refractivity contribution in [2.24, 2.45) is 0 Å². The fourth-order valence-corrected chi connectivity index (χ4v) is 2.40. The fraction of sp³-hybridized carbons (Fsp3) is 0.0526. The lowest BCUT2D eigenvalue weighted by Gasteiger charge is -2.12. The third-order valence-corrected chi connectivity index (χ3v) is 3.74. The van der Waals surface area contributed by atoms with Crippen molar-refractivity contribution in [1.82, 2.24) is 4.98 Å². The minimum atomic E-state index is -4.75. The highest BCUT2D eigenvalue weighted by Gasteiger charge is 2.33. The molecule has 1 N–H and O–H groups in total. The van der Waals surface area contributed by atoms with Crippen LogP contribution in [-0.4, -0.2) is 15.8 Å². The van der Waals surface area contributed by atoms with Gasteiger partial charge in [-0.2, -0.15) is 13.2 Å². The van der Waals surface area contributed by atoms with E-state index in [0.717, 1.165) is 6.07 Å². The number of aromatic nitrogens is 1. The molecular weight excluding hydrogens is 391 g/mol. The van der Waals surface area contributed by atoms with Crippen molar-refractivity contribution in [3.8, 4) is 11.5 Å². The second-order valence-corrected chi connectivity index (χ2v) is 5.70. The number of rotatable bonds is 5. The van der Waals surface area contributed by atoms with E-state index in [0.29, 0.717) is 12.1 Å². The minimum Gasteiger partial charge on any atom is -0.449 e. The number of carbonyl (C=O) groups excluding carboxylic acids is 1. The Kier molecular flexibility index (Phi) is 5.44. The quantitative estimate of drug-likeness (QED) is 0.475. The van der Waals surface area contributed by atoms with E-state index >= 15 is 0 Å². The monoisotopic (exact) mass is 403 g/mol. The molecule has 0 aliphatic carbocycles. The van der Waals surface area contributed by atoms with Gasteiger partial charge in [-0.25, -0.2) is 4.98 Å². The Morgan fingerprint density at radius 3 is 2.41 bits per heavy atom. The van der Waals surface area contributed by atoms with E-state index in [9.17, 15) is 28.1 Å². The van der Waals surface area contributed by atoms with Crippen LogP contribution in [0.2, 0.25) is 0 Å². The molecule has 0 spiro atoms. The number of nitro benzene ring substituents is 1. The highest BCUT2D eigenvalue weighted by molar-refractivity contribution is 6.05. The molecule has 1 aromatic heterocycles. The average Bonchev–Trinajstić information content (AvgIpc) is 2.68. The predicted molar refractivity (Wildman–Crippen MR) is 96.8 cm³/mol. The molecule has 0 radical (unpaired) electrons. The van der Waals surface area contributed by atoms with Crippen LogP contribution in [0.4, 0.5) is 24.7 Å². The zero-order valence-corrected chi connectivity index (χ0v) is 14.5. The van der Waals surface area contributed by atoms with Crippen molar-refractivity contribution in [3.05, 3.63) is 88.1 Å². The first-order chi connectivity index (χ1) is 13.8. The normalized spacial score (nSPS) is 11.0. The van der Waals surface area contributed by atoms with Gasteiger partial charge in [0.1, 0.15) is 11.6 Å². The number of amides is 1. The molecule has 148 valence electrons. The topological polar surface area (TPSA) is 94.4 Å². The van der Waals surface area contributed by atoms with Crippen LogP contribution in [0.25, 0.3) is 0 Å². The Morgan fingerprint density at radius 2 is 1.76 bits per heavy atom. The SMILES string of the molecule is O=C(Nc1ccccn1)c1ccccc1Oc1ccc(C(F)(F)F)cc1[N+](=O)[O-]. The Balaban J connectivity index is 1.93. The van der Waals surface area contributed by atoms with Crippen LogP contribution in [0.3, 0.4) is 0 Å². The third-order valence-electron chi connectivity index (χ3n) is 3.74. The largest absolute Gasteiger partial charge is 0.449 e. The molecule has 29 heavy (non-hydrogen) atoms. The molecule has 1 amide bonds. The molecule has 10 heteroatoms. The third kappa shape index (κ3) is 4.67. The fourth-order valence-electron chi connectivity index (χ4n) is 2.40. The summed E-state index contributed by atoms with van der Waals surface area (Å²) in [6.45, 7) is 0. The molecule has 0 atom stereocenters. The van der Waals surface area contributed by atoms with E-state index in [1.807, 2.05) is 0 Å². The summed E-state index contributed by atoms with van der Waals surface area (Å²) in [4.78, 5) is 26.7. The number of nitro groups is 1. The Hall–Kier alpha value is -3.95. The number of anilines is 1. The van der Waals surface area contributed by atoms with Gasteiger partial charge in [0, 0.05) is 12.3 Å². The van der Waals surface area contributed by atoms with Crippen molar-refractivity contribution in [3.63, 3.8) is 0 Å². The summed E-state index contributed by atoms with van der Waals surface area (Å²) in [5, 5.41) is 13.8. The second kappa shape index (κ2) is 7.97. The maximum absolute atomic E-state index is 12.8. The molecule has 0 unspecified atom stereocenters. The van der Waals surface area contributed by atoms with Gasteiger partial charge in [-0.15, -0.1) is 0 Å². The van der Waals surface area contributed by atoms with Crippen molar-refractivity contribution < 1.29 is 27.6 Å². The van der Waals surface area contributed by atoms with Crippen LogP contribution >= 0.6 is 0 Å². The van der Waals surface area contributed by atoms with Gasteiger partial charge in [0.05, 0.1) is 16.1 Å². The molecule has 7 nitrogen and oxygen atoms in total. The van der Waals surface area contributed by atoms with Crippen LogP contribution in [0.1, 0.15) is 15.9 Å². The number of pyridine rings is 1. The molecule has 0 bridgehead atoms. The molecular formula is C19H12F3N3O4. The molecule has 2 aromatic carbocycles. The summed E-state index contributed by atoms with van der Waals surface area (Å²) < 4.78 is 44.0. The summed E-state index contributed by atoms with van der Waals surface area (Å²) in [5.74, 6) is -0.827. The summed E-state index contributed by atoms with van der Waals surface area (Å²) in [6, 6.07) is 12.6. The molecule has 3 aromatic rings. The minimum absolute atomic E-state index is 0.0207. The summed E-state index contributed by atoms with van der Waals surface area (Å²) in [5.41, 5.74) is -2.04. The molecule has 0 saturated carbocycles. The van der Waals surface area contributed by atoms with Gasteiger partial charge < -0.3 is 10.1 Å². The van der Waals surface area contributed by atoms with Crippen molar-refractivity contribution in [1.29, 1.82) is 0 Å². The number of carbonyl (C=O) groups is 1. The first-order valence-corrected chi connectivity index (χ1v) is 8.10. The zero-order valence-electron chi connectivity index (χ0n) is 14.5. The maximum atomic E-state index is 12.8. The molecule has 3 rings (SSSR count). The lowest BCUT2D eigenvalue weighted by molar-refractivity contribution is -0.385. The van der Waals surface area contributed by atoms with E-state index in [1.165, 1.54) is 24.4 Å². The Bertz CT molecular complexity index is 1060. The van der Waals surface area contributed by atoms with Crippen LogP contribution < -0.4 is 10.1 Å². The van der Waals surface area contributed by atoms with E-state index in [-0.39, 0.29) is 17.1 Å². The van der Waals surface area contributed by atoms with Crippen molar-refractivity contribution in [2.45, 2.75) is 6.18 Å². The lowest BCUT2D eigenvalue weighted by Crippen LogP contribution is -2.14. The molecule has 0 aliphatic heterocycles. The molecule has 0 fully saturated rings. The average molecular weight is 403 g/mol. The summed E-state index contributed by atoms with van der Waals surface area (Å²) in [6.07, 6.45) is -3.27. The predicted octanol–water partition coefficient (Wildman–Crippen LogP) is 5.05. The van der Waals surface area contributed by atoms with Crippen LogP contribution in [0.15, 0.2) is 66.9 Å². The Labute approximate surface area is 161 Å². The van der Waals surface area contributed by atoms with Gasteiger partial charge in [-0.05, 0) is 36.4 Å². The zero-order chi connectivity index (χ0) is 21.0. The number of ether oxygens (including phenoxy) is 1. The first kappa shape index (κ1) is 19.8. The van der Waals surface area contributed by atoms with E-state index in [4.69, 9.17) is 4.74 Å². The van der Waals surface area contributed by atoms with Crippen molar-refractivity contribution in [2.75, 3.05) is 5.32 Å². The number of alkyl halides is 3. The molecule has 0 aliphatic rings. The van der Waals surface area contributed by atoms with Gasteiger partial charge in [0.2, 0.25) is 5.75 Å². The van der Waals surface area contributed by atoms with Gasteiger partial charge in [0.15, 0.2) is 0 Å². The highest BCUT2D eigenvalue weighted by Crippen LogP contribution is 2.38. The summed E-state index contributed by atoms with van der Waals surface area (Å²) in [7, 11) is 0. The Morgan fingerprint density at radius 1 is 1.03 bits per heavy atom. The standard InChI is InChI=1S/C19H12F3N3O4/c20-19(21,22)12-8-9-16(14(11-12)25(27)28)29-15-6-2-1-5-13(15)18(26)24-17-7-3-4-10-23-17/h1-11H,(H,23,24,26). The molecule has 0 saturated heterocycles. The maximum Gasteiger partial charge on any atom is 0.416 e. The number of para-hydroxylation sites is 1. The van der Waals surface area contributed by atoms with Gasteiger partial charge >= 0.3 is 11.9 Å². The van der Waals surface area contributed by atoms with Gasteiger partial charge in [-0.3, -0.25) is 14.9 Å². The van der Waals surface area contributed by atoms with Crippen LogP contribution in [0, 0.1) is 10.1 Å². The number of halogens is 3. The van der Waals surface area contributed by atoms with E-state index < -0.39 is 34.0 Å². The van der Waals surface area contributed by atoms with Crippen LogP contribution in [-0.2, 0) is 6.18 Å². The highest BCUT2D eigenvalue weighted by atomic mass is 19.4. The number of hydrogen-bond acceptors (Lipinski definition) is 5. The number of nitrogens with zero attached hydrogens (tertiary/aromatic N) is 2. The van der Waals surface area contributed by atoms with E-state index in [2.05, 4.69) is 10.3 Å². The summed E-state index contributed by atoms with van der Waals surface area (Å²) >= 11 is 0. The number of benzene rings is 2.